The van der Waals surface area contributed by atoms with E-state index in [2.05, 4.69) is 16.6 Å². The number of hydrogen-bond donors (Lipinski definition) is 3. The predicted molar refractivity (Wildman–Crippen MR) is 139 cm³/mol. The molecule has 4 N–H and O–H groups in total. The Hall–Kier alpha value is -3.54. The van der Waals surface area contributed by atoms with E-state index in [4.69, 9.17) is 16.9 Å². The molecule has 3 unspecified atom stereocenters. The SMILES string of the molecule is C#Cc1ccccc1C(C(=O)NC(C)CCC)N(CCC)C(=O)C(CC(N)=O)NC(=O)OC(C)(C)C. The molecule has 1 rings (SSSR count). The highest BCUT2D eigenvalue weighted by molar-refractivity contribution is 5.94. The molecule has 1 aromatic rings. The first-order valence-electron chi connectivity index (χ1n) is 12.3. The van der Waals surface area contributed by atoms with Crippen LogP contribution in [-0.2, 0) is 19.1 Å². The lowest BCUT2D eigenvalue weighted by atomic mass is 9.96. The number of nitrogens with two attached hydrogens (primary N) is 1. The van der Waals surface area contributed by atoms with Gasteiger partial charge in [0.2, 0.25) is 17.7 Å². The smallest absolute Gasteiger partial charge is 0.408 e. The average Bonchev–Trinajstić information content (AvgIpc) is 2.76. The van der Waals surface area contributed by atoms with Gasteiger partial charge in [0, 0.05) is 18.2 Å². The van der Waals surface area contributed by atoms with Crippen molar-refractivity contribution in [3.63, 3.8) is 0 Å². The lowest BCUT2D eigenvalue weighted by Crippen LogP contribution is -2.54. The molecule has 0 saturated heterocycles. The Morgan fingerprint density at radius 3 is 2.28 bits per heavy atom. The lowest BCUT2D eigenvalue weighted by molar-refractivity contribution is -0.143. The number of hydrogen-bond acceptors (Lipinski definition) is 5. The lowest BCUT2D eigenvalue weighted by Gasteiger charge is -2.35. The van der Waals surface area contributed by atoms with Gasteiger partial charge in [-0.3, -0.25) is 14.4 Å². The number of terminal acetylenes is 1. The highest BCUT2D eigenvalue weighted by Crippen LogP contribution is 2.26. The molecule has 0 aromatic heterocycles. The minimum Gasteiger partial charge on any atom is -0.444 e. The summed E-state index contributed by atoms with van der Waals surface area (Å²) >= 11 is 0. The molecule has 0 heterocycles. The molecular formula is C27H40N4O5. The van der Waals surface area contributed by atoms with Crippen LogP contribution in [0.3, 0.4) is 0 Å². The van der Waals surface area contributed by atoms with Crippen LogP contribution in [0.15, 0.2) is 24.3 Å². The zero-order chi connectivity index (χ0) is 27.5. The molecule has 0 saturated carbocycles. The molecule has 0 aliphatic rings. The van der Waals surface area contributed by atoms with Crippen molar-refractivity contribution >= 4 is 23.8 Å². The second-order valence-corrected chi connectivity index (χ2v) is 9.73. The van der Waals surface area contributed by atoms with Gasteiger partial charge in [-0.2, -0.15) is 0 Å². The van der Waals surface area contributed by atoms with Crippen LogP contribution >= 0.6 is 0 Å². The second-order valence-electron chi connectivity index (χ2n) is 9.73. The van der Waals surface area contributed by atoms with Gasteiger partial charge in [-0.1, -0.05) is 44.4 Å². The molecule has 0 bridgehead atoms. The van der Waals surface area contributed by atoms with Gasteiger partial charge < -0.3 is 26.0 Å². The fraction of sp³-hybridized carbons (Fsp3) is 0.556. The summed E-state index contributed by atoms with van der Waals surface area (Å²) in [5, 5.41) is 5.42. The number of alkyl carbamates (subject to hydrolysis) is 1. The summed E-state index contributed by atoms with van der Waals surface area (Å²) < 4.78 is 5.27. The zero-order valence-electron chi connectivity index (χ0n) is 22.2. The fourth-order valence-electron chi connectivity index (χ4n) is 3.80. The summed E-state index contributed by atoms with van der Waals surface area (Å²) in [5.74, 6) is 0.745. The van der Waals surface area contributed by atoms with Crippen molar-refractivity contribution in [3.05, 3.63) is 35.4 Å². The molecule has 0 aliphatic carbocycles. The van der Waals surface area contributed by atoms with E-state index in [1.165, 1.54) is 4.90 Å². The van der Waals surface area contributed by atoms with E-state index >= 15 is 0 Å². The Kier molecular flexibility index (Phi) is 12.0. The van der Waals surface area contributed by atoms with Gasteiger partial charge in [0.25, 0.3) is 0 Å². The number of nitrogens with zero attached hydrogens (tertiary/aromatic N) is 1. The zero-order valence-corrected chi connectivity index (χ0v) is 22.2. The second kappa shape index (κ2) is 14.1. The molecule has 3 atom stereocenters. The van der Waals surface area contributed by atoms with E-state index in [1.54, 1.807) is 45.0 Å². The van der Waals surface area contributed by atoms with Crippen LogP contribution < -0.4 is 16.4 Å². The van der Waals surface area contributed by atoms with E-state index in [-0.39, 0.29) is 12.6 Å². The molecule has 198 valence electrons. The number of nitrogens with one attached hydrogen (secondary N) is 2. The van der Waals surface area contributed by atoms with Crippen LogP contribution in [0.2, 0.25) is 0 Å². The quantitative estimate of drug-likeness (QED) is 0.380. The molecule has 0 radical (unpaired) electrons. The normalized spacial score (nSPS) is 13.5. The summed E-state index contributed by atoms with van der Waals surface area (Å²) in [5.41, 5.74) is 5.50. The summed E-state index contributed by atoms with van der Waals surface area (Å²) in [4.78, 5) is 53.0. The topological polar surface area (TPSA) is 131 Å². The monoisotopic (exact) mass is 500 g/mol. The van der Waals surface area contributed by atoms with Gasteiger partial charge in [0.1, 0.15) is 17.7 Å². The maximum Gasteiger partial charge on any atom is 0.408 e. The minimum atomic E-state index is -1.33. The van der Waals surface area contributed by atoms with Gasteiger partial charge in [-0.05, 0) is 52.2 Å². The maximum atomic E-state index is 13.8. The fourth-order valence-corrected chi connectivity index (χ4v) is 3.80. The standard InChI is InChI=1S/C27H40N4O5/c1-8-13-18(4)29-24(33)23(20-15-12-11-14-19(20)10-3)31(16-9-2)25(34)21(17-22(28)32)30-26(35)36-27(5,6)7/h3,11-12,14-15,18,21,23H,8-9,13,16-17H2,1-2,4-7H3,(H2,28,32)(H,29,33)(H,30,35). The number of carbonyl (C=O) groups excluding carboxylic acids is 4. The molecule has 4 amide bonds. The van der Waals surface area contributed by atoms with Gasteiger partial charge in [-0.25, -0.2) is 4.79 Å². The molecule has 1 aromatic carbocycles. The number of primary amides is 1. The van der Waals surface area contributed by atoms with E-state index in [0.717, 1.165) is 12.8 Å². The van der Waals surface area contributed by atoms with Crippen molar-refractivity contribution in [2.75, 3.05) is 6.54 Å². The Bertz CT molecular complexity index is 964. The third-order valence-corrected chi connectivity index (χ3v) is 5.22. The maximum absolute atomic E-state index is 13.8. The minimum absolute atomic E-state index is 0.136. The summed E-state index contributed by atoms with van der Waals surface area (Å²) in [6.07, 6.45) is 6.51. The van der Waals surface area contributed by atoms with Gasteiger partial charge in [0.05, 0.1) is 6.42 Å². The molecule has 0 spiro atoms. The number of rotatable bonds is 12. The molecule has 0 fully saturated rings. The van der Waals surface area contributed by atoms with Crippen molar-refractivity contribution < 1.29 is 23.9 Å². The number of carbonyl (C=O) groups is 4. The number of ether oxygens (including phenoxy) is 1. The van der Waals surface area contributed by atoms with Gasteiger partial charge >= 0.3 is 6.09 Å². The third kappa shape index (κ3) is 9.61. The highest BCUT2D eigenvalue weighted by atomic mass is 16.6. The van der Waals surface area contributed by atoms with Crippen molar-refractivity contribution in [2.24, 2.45) is 5.73 Å². The van der Waals surface area contributed by atoms with Crippen molar-refractivity contribution in [2.45, 2.75) is 91.0 Å². The number of amides is 4. The summed E-state index contributed by atoms with van der Waals surface area (Å²) in [7, 11) is 0. The summed E-state index contributed by atoms with van der Waals surface area (Å²) in [6.45, 7) is 10.9. The van der Waals surface area contributed by atoms with Crippen molar-refractivity contribution in [3.8, 4) is 12.3 Å². The Labute approximate surface area is 214 Å². The van der Waals surface area contributed by atoms with E-state index in [0.29, 0.717) is 17.5 Å². The third-order valence-electron chi connectivity index (χ3n) is 5.22. The summed E-state index contributed by atoms with van der Waals surface area (Å²) in [6, 6.07) is 4.33. The highest BCUT2D eigenvalue weighted by Gasteiger charge is 2.37. The Morgan fingerprint density at radius 1 is 1.11 bits per heavy atom. The van der Waals surface area contributed by atoms with Crippen molar-refractivity contribution in [1.29, 1.82) is 0 Å². The number of benzene rings is 1. The van der Waals surface area contributed by atoms with E-state index < -0.39 is 47.9 Å². The van der Waals surface area contributed by atoms with E-state index in [1.807, 2.05) is 20.8 Å². The van der Waals surface area contributed by atoms with E-state index in [9.17, 15) is 19.2 Å². The van der Waals surface area contributed by atoms with Crippen LogP contribution in [0.1, 0.15) is 84.4 Å². The van der Waals surface area contributed by atoms with Crippen LogP contribution in [0.5, 0.6) is 0 Å². The Morgan fingerprint density at radius 2 is 1.75 bits per heavy atom. The molecule has 9 nitrogen and oxygen atoms in total. The molecule has 36 heavy (non-hydrogen) atoms. The van der Waals surface area contributed by atoms with Gasteiger partial charge in [0.15, 0.2) is 0 Å². The first-order chi connectivity index (χ1) is 16.8. The average molecular weight is 501 g/mol. The van der Waals surface area contributed by atoms with Crippen LogP contribution in [-0.4, -0.2) is 52.9 Å². The molecule has 0 aliphatic heterocycles. The van der Waals surface area contributed by atoms with Crippen LogP contribution in [0.25, 0.3) is 0 Å². The first kappa shape index (κ1) is 30.5. The molecular weight excluding hydrogens is 460 g/mol. The van der Waals surface area contributed by atoms with Crippen LogP contribution in [0, 0.1) is 12.3 Å². The largest absolute Gasteiger partial charge is 0.444 e. The molecule has 9 heteroatoms. The first-order valence-corrected chi connectivity index (χ1v) is 12.3. The van der Waals surface area contributed by atoms with Gasteiger partial charge in [-0.15, -0.1) is 6.42 Å². The Balaban J connectivity index is 3.53. The van der Waals surface area contributed by atoms with Crippen LogP contribution in [0.4, 0.5) is 4.79 Å². The van der Waals surface area contributed by atoms with Crippen molar-refractivity contribution in [1.82, 2.24) is 15.5 Å². The predicted octanol–water partition coefficient (Wildman–Crippen LogP) is 3.02.